The Balaban J connectivity index is 5.25. The Hall–Kier alpha value is -1.36. The molecule has 0 amide bonds. The standard InChI is InChI=1S/C14H23O6P/c1-6-18-21(16,19-7-2)20-13(11-14(15)17-5)10-8-9-12(3)4/h8-11H,6-7H2,1-5H3/b10-8+,13-11-. The Morgan fingerprint density at radius 2 is 1.71 bits per heavy atom. The highest BCUT2D eigenvalue weighted by Crippen LogP contribution is 2.51. The summed E-state index contributed by atoms with van der Waals surface area (Å²) in [6, 6.07) is 0. The first-order valence-electron chi connectivity index (χ1n) is 6.56. The molecular formula is C14H23O6P. The van der Waals surface area contributed by atoms with Gasteiger partial charge in [-0.3, -0.25) is 9.05 Å². The number of rotatable bonds is 9. The molecule has 0 atom stereocenters. The fourth-order valence-electron chi connectivity index (χ4n) is 1.15. The first kappa shape index (κ1) is 19.6. The molecular weight excluding hydrogens is 295 g/mol. The number of carbonyl (C=O) groups excluding carboxylic acids is 1. The predicted octanol–water partition coefficient (Wildman–Crippen LogP) is 3.76. The molecule has 0 saturated heterocycles. The molecule has 0 spiro atoms. The van der Waals surface area contributed by atoms with E-state index in [4.69, 9.17) is 13.6 Å². The van der Waals surface area contributed by atoms with Crippen LogP contribution in [0.1, 0.15) is 27.7 Å². The predicted molar refractivity (Wildman–Crippen MR) is 80.6 cm³/mol. The van der Waals surface area contributed by atoms with Crippen LogP contribution in [0, 0.1) is 0 Å². The summed E-state index contributed by atoms with van der Waals surface area (Å²) >= 11 is 0. The molecule has 7 heteroatoms. The fraction of sp³-hybridized carbons (Fsp3) is 0.500. The second-order valence-electron chi connectivity index (χ2n) is 4.05. The lowest BCUT2D eigenvalue weighted by Crippen LogP contribution is -2.02. The second-order valence-corrected chi connectivity index (χ2v) is 5.64. The van der Waals surface area contributed by atoms with Gasteiger partial charge in [-0.2, -0.15) is 0 Å². The molecule has 0 aromatic heterocycles. The third-order valence-electron chi connectivity index (χ3n) is 1.94. The average Bonchev–Trinajstić information content (AvgIpc) is 2.38. The molecule has 0 heterocycles. The van der Waals surface area contributed by atoms with Crippen LogP contribution in [0.15, 0.2) is 35.6 Å². The second kappa shape index (κ2) is 10.4. The molecule has 0 N–H and O–H groups in total. The van der Waals surface area contributed by atoms with Crippen molar-refractivity contribution in [3.63, 3.8) is 0 Å². The van der Waals surface area contributed by atoms with Crippen molar-refractivity contribution in [3.8, 4) is 0 Å². The molecule has 120 valence electrons. The maximum Gasteiger partial charge on any atom is 0.530 e. The molecule has 0 radical (unpaired) electrons. The number of methoxy groups -OCH3 is 1. The van der Waals surface area contributed by atoms with E-state index in [1.165, 1.54) is 13.2 Å². The van der Waals surface area contributed by atoms with Crippen molar-refractivity contribution in [1.29, 1.82) is 0 Å². The smallest absolute Gasteiger partial charge is 0.466 e. The van der Waals surface area contributed by atoms with Crippen LogP contribution in [0.5, 0.6) is 0 Å². The molecule has 0 saturated carbocycles. The number of hydrogen-bond donors (Lipinski definition) is 0. The van der Waals surface area contributed by atoms with Gasteiger partial charge in [-0.1, -0.05) is 17.7 Å². The summed E-state index contributed by atoms with van der Waals surface area (Å²) in [5, 5.41) is 0. The van der Waals surface area contributed by atoms with E-state index < -0.39 is 13.8 Å². The monoisotopic (exact) mass is 318 g/mol. The largest absolute Gasteiger partial charge is 0.530 e. The minimum atomic E-state index is -3.75. The molecule has 0 bridgehead atoms. The summed E-state index contributed by atoms with van der Waals surface area (Å²) in [5.41, 5.74) is 1.06. The first-order valence-corrected chi connectivity index (χ1v) is 8.02. The van der Waals surface area contributed by atoms with E-state index in [1.807, 2.05) is 13.8 Å². The van der Waals surface area contributed by atoms with Crippen LogP contribution in [0.2, 0.25) is 0 Å². The summed E-state index contributed by atoms with van der Waals surface area (Å²) < 4.78 is 32.1. The van der Waals surface area contributed by atoms with Crippen molar-refractivity contribution in [1.82, 2.24) is 0 Å². The maximum absolute atomic E-state index is 12.3. The van der Waals surface area contributed by atoms with Crippen LogP contribution in [-0.4, -0.2) is 26.3 Å². The van der Waals surface area contributed by atoms with E-state index in [0.29, 0.717) is 0 Å². The van der Waals surface area contributed by atoms with Crippen molar-refractivity contribution in [3.05, 3.63) is 35.6 Å². The fourth-order valence-corrected chi connectivity index (χ4v) is 2.33. The molecule has 0 aliphatic heterocycles. The molecule has 0 fully saturated rings. The zero-order chi connectivity index (χ0) is 16.3. The maximum atomic E-state index is 12.3. The molecule has 21 heavy (non-hydrogen) atoms. The van der Waals surface area contributed by atoms with E-state index >= 15 is 0 Å². The van der Waals surface area contributed by atoms with E-state index in [0.717, 1.165) is 11.6 Å². The molecule has 0 aliphatic carbocycles. The van der Waals surface area contributed by atoms with Crippen LogP contribution in [-0.2, 0) is 27.7 Å². The highest BCUT2D eigenvalue weighted by molar-refractivity contribution is 7.48. The van der Waals surface area contributed by atoms with Gasteiger partial charge in [0.15, 0.2) is 0 Å². The van der Waals surface area contributed by atoms with Crippen molar-refractivity contribution in [2.45, 2.75) is 27.7 Å². The van der Waals surface area contributed by atoms with E-state index in [9.17, 15) is 9.36 Å². The van der Waals surface area contributed by atoms with Gasteiger partial charge >= 0.3 is 13.8 Å². The Kier molecular flexibility index (Phi) is 9.71. The van der Waals surface area contributed by atoms with Gasteiger partial charge in [0.1, 0.15) is 5.76 Å². The SMILES string of the molecule is CCOP(=O)(OCC)OC(=C\C(=O)OC)/C=C/C=C(C)C. The van der Waals surface area contributed by atoms with E-state index in [1.54, 1.807) is 26.0 Å². The number of ether oxygens (including phenoxy) is 1. The third kappa shape index (κ3) is 9.24. The molecule has 0 aliphatic rings. The van der Waals surface area contributed by atoms with Crippen LogP contribution < -0.4 is 0 Å². The van der Waals surface area contributed by atoms with Crippen LogP contribution >= 0.6 is 7.82 Å². The lowest BCUT2D eigenvalue weighted by molar-refractivity contribution is -0.134. The summed E-state index contributed by atoms with van der Waals surface area (Å²) in [4.78, 5) is 11.3. The van der Waals surface area contributed by atoms with Crippen molar-refractivity contribution in [2.75, 3.05) is 20.3 Å². The van der Waals surface area contributed by atoms with Gasteiger partial charge in [-0.25, -0.2) is 9.36 Å². The first-order chi connectivity index (χ1) is 9.86. The van der Waals surface area contributed by atoms with Gasteiger partial charge in [0.25, 0.3) is 0 Å². The van der Waals surface area contributed by atoms with Crippen molar-refractivity contribution < 1.29 is 27.7 Å². The van der Waals surface area contributed by atoms with Gasteiger partial charge < -0.3 is 9.26 Å². The Bertz CT molecular complexity index is 450. The zero-order valence-corrected chi connectivity index (χ0v) is 14.0. The molecule has 6 nitrogen and oxygen atoms in total. The Morgan fingerprint density at radius 1 is 1.14 bits per heavy atom. The van der Waals surface area contributed by atoms with Crippen LogP contribution in [0.25, 0.3) is 0 Å². The van der Waals surface area contributed by atoms with Gasteiger partial charge in [0, 0.05) is 0 Å². The van der Waals surface area contributed by atoms with Gasteiger partial charge in [-0.15, -0.1) is 0 Å². The minimum absolute atomic E-state index is 0.0320. The Labute approximate surface area is 126 Å². The average molecular weight is 318 g/mol. The number of carbonyl (C=O) groups is 1. The molecule has 0 rings (SSSR count). The lowest BCUT2D eigenvalue weighted by Gasteiger charge is -2.17. The molecule has 0 unspecified atom stereocenters. The van der Waals surface area contributed by atoms with E-state index in [-0.39, 0.29) is 19.0 Å². The highest BCUT2D eigenvalue weighted by atomic mass is 31.2. The lowest BCUT2D eigenvalue weighted by atomic mass is 10.3. The number of allylic oxidation sites excluding steroid dienone is 4. The topological polar surface area (TPSA) is 71.1 Å². The Morgan fingerprint density at radius 3 is 2.14 bits per heavy atom. The van der Waals surface area contributed by atoms with Gasteiger partial charge in [0.2, 0.25) is 0 Å². The highest BCUT2D eigenvalue weighted by Gasteiger charge is 2.28. The quantitative estimate of drug-likeness (QED) is 0.212. The summed E-state index contributed by atoms with van der Waals surface area (Å²) in [7, 11) is -2.52. The van der Waals surface area contributed by atoms with E-state index in [2.05, 4.69) is 4.74 Å². The van der Waals surface area contributed by atoms with Gasteiger partial charge in [0.05, 0.1) is 26.4 Å². The van der Waals surface area contributed by atoms with Crippen molar-refractivity contribution in [2.24, 2.45) is 0 Å². The van der Waals surface area contributed by atoms with Crippen molar-refractivity contribution >= 4 is 13.8 Å². The number of esters is 1. The number of phosphoric acid groups is 1. The normalized spacial score (nSPS) is 12.3. The third-order valence-corrected chi connectivity index (χ3v) is 3.53. The summed E-state index contributed by atoms with van der Waals surface area (Å²) in [6.07, 6.45) is 6.02. The number of phosphoric ester groups is 1. The van der Waals surface area contributed by atoms with Gasteiger partial charge in [-0.05, 0) is 33.8 Å². The molecule has 0 aromatic rings. The molecule has 0 aromatic carbocycles. The van der Waals surface area contributed by atoms with Crippen LogP contribution in [0.3, 0.4) is 0 Å². The summed E-state index contributed by atoms with van der Waals surface area (Å²) in [6.45, 7) is 7.47. The zero-order valence-electron chi connectivity index (χ0n) is 13.1. The van der Waals surface area contributed by atoms with Crippen LogP contribution in [0.4, 0.5) is 0 Å². The number of hydrogen-bond acceptors (Lipinski definition) is 6. The summed E-state index contributed by atoms with van der Waals surface area (Å²) in [5.74, 6) is -0.601. The minimum Gasteiger partial charge on any atom is -0.466 e.